The van der Waals surface area contributed by atoms with E-state index in [1.54, 1.807) is 27.7 Å². The molecule has 0 bridgehead atoms. The molecule has 0 aromatic carbocycles. The minimum atomic E-state index is -0.960. The zero-order valence-corrected chi connectivity index (χ0v) is 9.35. The molecular weight excluding hydrogens is 178 g/mol. The topological polar surface area (TPSA) is 49.3 Å². The lowest BCUT2D eigenvalue weighted by molar-refractivity contribution is -0.126. The summed E-state index contributed by atoms with van der Waals surface area (Å²) in [5.41, 5.74) is -1.61. The zero-order chi connectivity index (χ0) is 11.4. The lowest BCUT2D eigenvalue weighted by atomic mass is 9.86. The average molecular weight is 197 g/mol. The van der Waals surface area contributed by atoms with E-state index in [1.165, 1.54) is 0 Å². The van der Waals surface area contributed by atoms with Crippen LogP contribution in [0.15, 0.2) is 0 Å². The Morgan fingerprint density at radius 1 is 1.43 bits per heavy atom. The first kappa shape index (κ1) is 13.0. The molecule has 3 heteroatoms. The van der Waals surface area contributed by atoms with E-state index >= 15 is 0 Å². The van der Waals surface area contributed by atoms with Crippen molar-refractivity contribution in [3.8, 4) is 12.3 Å². The Morgan fingerprint density at radius 3 is 2.29 bits per heavy atom. The van der Waals surface area contributed by atoms with Crippen molar-refractivity contribution >= 4 is 5.91 Å². The Bertz CT molecular complexity index is 243. The van der Waals surface area contributed by atoms with Crippen molar-refractivity contribution < 1.29 is 9.90 Å². The molecule has 0 atom stereocenters. The molecule has 0 aliphatic rings. The fourth-order valence-electron chi connectivity index (χ4n) is 0.750. The van der Waals surface area contributed by atoms with Crippen molar-refractivity contribution in [3.63, 3.8) is 0 Å². The normalized spacial score (nSPS) is 12.0. The fraction of sp³-hybridized carbons (Fsp3) is 0.727. The van der Waals surface area contributed by atoms with Crippen LogP contribution < -0.4 is 5.32 Å². The zero-order valence-electron chi connectivity index (χ0n) is 9.35. The van der Waals surface area contributed by atoms with E-state index < -0.39 is 11.1 Å². The summed E-state index contributed by atoms with van der Waals surface area (Å²) < 4.78 is 0. The van der Waals surface area contributed by atoms with Crippen LogP contribution >= 0.6 is 0 Å². The summed E-state index contributed by atoms with van der Waals surface area (Å²) in [4.78, 5) is 11.3. The monoisotopic (exact) mass is 197 g/mol. The van der Waals surface area contributed by atoms with Crippen molar-refractivity contribution in [2.24, 2.45) is 0 Å². The van der Waals surface area contributed by atoms with Gasteiger partial charge in [0.1, 0.15) is 0 Å². The molecule has 3 nitrogen and oxygen atoms in total. The molecular formula is C11H19NO2. The van der Waals surface area contributed by atoms with Crippen molar-refractivity contribution in [1.29, 1.82) is 0 Å². The van der Waals surface area contributed by atoms with E-state index in [9.17, 15) is 9.90 Å². The first-order chi connectivity index (χ1) is 6.20. The minimum absolute atomic E-state index is 0.130. The number of amides is 1. The van der Waals surface area contributed by atoms with Crippen LogP contribution in [-0.4, -0.2) is 22.2 Å². The summed E-state index contributed by atoms with van der Waals surface area (Å²) in [5.74, 6) is 2.27. The van der Waals surface area contributed by atoms with Gasteiger partial charge >= 0.3 is 0 Å². The molecule has 14 heavy (non-hydrogen) atoms. The predicted octanol–water partition coefficient (Wildman–Crippen LogP) is 1.07. The van der Waals surface area contributed by atoms with Gasteiger partial charge in [-0.3, -0.25) is 4.79 Å². The van der Waals surface area contributed by atoms with Crippen LogP contribution in [0.3, 0.4) is 0 Å². The third kappa shape index (κ3) is 3.80. The highest BCUT2D eigenvalue weighted by Gasteiger charge is 2.35. The minimum Gasteiger partial charge on any atom is -0.388 e. The lowest BCUT2D eigenvalue weighted by Gasteiger charge is -2.37. The van der Waals surface area contributed by atoms with Crippen LogP contribution in [-0.2, 0) is 4.79 Å². The van der Waals surface area contributed by atoms with Gasteiger partial charge in [-0.05, 0) is 27.7 Å². The van der Waals surface area contributed by atoms with E-state index in [0.29, 0.717) is 12.8 Å². The third-order valence-electron chi connectivity index (χ3n) is 2.48. The molecule has 0 radical (unpaired) electrons. The molecule has 0 aliphatic heterocycles. The molecule has 0 saturated carbocycles. The molecule has 0 heterocycles. The summed E-state index contributed by atoms with van der Waals surface area (Å²) >= 11 is 0. The van der Waals surface area contributed by atoms with Crippen molar-refractivity contribution in [3.05, 3.63) is 0 Å². The second-order valence-electron chi connectivity index (χ2n) is 4.44. The Morgan fingerprint density at radius 2 is 1.93 bits per heavy atom. The van der Waals surface area contributed by atoms with Crippen molar-refractivity contribution in [1.82, 2.24) is 5.32 Å². The van der Waals surface area contributed by atoms with Crippen LogP contribution in [0.1, 0.15) is 40.5 Å². The summed E-state index contributed by atoms with van der Waals surface area (Å²) in [7, 11) is 0. The summed E-state index contributed by atoms with van der Waals surface area (Å²) in [6.45, 7) is 6.88. The van der Waals surface area contributed by atoms with Gasteiger partial charge in [0.05, 0.1) is 11.1 Å². The number of terminal acetylenes is 1. The van der Waals surface area contributed by atoms with Crippen LogP contribution in [0.25, 0.3) is 0 Å². The molecule has 0 saturated heterocycles. The van der Waals surface area contributed by atoms with E-state index in [1.807, 2.05) is 0 Å². The molecule has 0 unspecified atom stereocenters. The Hall–Kier alpha value is -1.01. The molecule has 0 fully saturated rings. The van der Waals surface area contributed by atoms with Crippen LogP contribution in [0.5, 0.6) is 0 Å². The standard InChI is InChI=1S/C11H19NO2/c1-6-7-8-9(13)12-10(2,3)11(4,5)14/h1,14H,7-8H2,2-5H3,(H,12,13). The van der Waals surface area contributed by atoms with Gasteiger partial charge in [-0.15, -0.1) is 12.3 Å². The quantitative estimate of drug-likeness (QED) is 0.662. The maximum atomic E-state index is 11.3. The molecule has 0 rings (SSSR count). The number of hydrogen-bond donors (Lipinski definition) is 2. The first-order valence-corrected chi connectivity index (χ1v) is 4.67. The number of hydrogen-bond acceptors (Lipinski definition) is 2. The molecule has 1 amide bonds. The Kier molecular flexibility index (Phi) is 4.15. The van der Waals surface area contributed by atoms with E-state index in [-0.39, 0.29) is 5.91 Å². The summed E-state index contributed by atoms with van der Waals surface area (Å²) in [5, 5.41) is 12.5. The van der Waals surface area contributed by atoms with E-state index in [0.717, 1.165) is 0 Å². The van der Waals surface area contributed by atoms with Gasteiger partial charge in [0.25, 0.3) is 0 Å². The van der Waals surface area contributed by atoms with Gasteiger partial charge in [-0.1, -0.05) is 0 Å². The molecule has 0 aromatic heterocycles. The molecule has 0 spiro atoms. The Labute approximate surface area is 85.9 Å². The first-order valence-electron chi connectivity index (χ1n) is 4.67. The third-order valence-corrected chi connectivity index (χ3v) is 2.48. The second kappa shape index (κ2) is 4.47. The van der Waals surface area contributed by atoms with Crippen LogP contribution in [0, 0.1) is 12.3 Å². The van der Waals surface area contributed by atoms with Gasteiger partial charge in [0, 0.05) is 12.8 Å². The molecule has 0 aromatic rings. The van der Waals surface area contributed by atoms with Crippen molar-refractivity contribution in [2.45, 2.75) is 51.7 Å². The number of nitrogens with one attached hydrogen (secondary N) is 1. The fourth-order valence-corrected chi connectivity index (χ4v) is 0.750. The average Bonchev–Trinajstić information content (AvgIpc) is 1.97. The lowest BCUT2D eigenvalue weighted by Crippen LogP contribution is -2.57. The van der Waals surface area contributed by atoms with E-state index in [4.69, 9.17) is 6.42 Å². The van der Waals surface area contributed by atoms with Gasteiger partial charge in [-0.2, -0.15) is 0 Å². The highest BCUT2D eigenvalue weighted by Crippen LogP contribution is 2.20. The van der Waals surface area contributed by atoms with Gasteiger partial charge in [0.2, 0.25) is 5.91 Å². The smallest absolute Gasteiger partial charge is 0.221 e. The van der Waals surface area contributed by atoms with Crippen molar-refractivity contribution in [2.75, 3.05) is 0 Å². The van der Waals surface area contributed by atoms with Gasteiger partial charge < -0.3 is 10.4 Å². The largest absolute Gasteiger partial charge is 0.388 e. The molecule has 2 N–H and O–H groups in total. The van der Waals surface area contributed by atoms with E-state index in [2.05, 4.69) is 11.2 Å². The highest BCUT2D eigenvalue weighted by atomic mass is 16.3. The maximum absolute atomic E-state index is 11.3. The number of carbonyl (C=O) groups excluding carboxylic acids is 1. The Balaban J connectivity index is 4.24. The molecule has 0 aliphatic carbocycles. The van der Waals surface area contributed by atoms with Crippen LogP contribution in [0.2, 0.25) is 0 Å². The predicted molar refractivity (Wildman–Crippen MR) is 56.6 cm³/mol. The number of rotatable bonds is 4. The van der Waals surface area contributed by atoms with Gasteiger partial charge in [-0.25, -0.2) is 0 Å². The maximum Gasteiger partial charge on any atom is 0.221 e. The number of aliphatic hydroxyl groups is 1. The second-order valence-corrected chi connectivity index (χ2v) is 4.44. The SMILES string of the molecule is C#CCCC(=O)NC(C)(C)C(C)(C)O. The summed E-state index contributed by atoms with van der Waals surface area (Å²) in [6, 6.07) is 0. The number of carbonyl (C=O) groups is 1. The van der Waals surface area contributed by atoms with Gasteiger partial charge in [0.15, 0.2) is 0 Å². The highest BCUT2D eigenvalue weighted by molar-refractivity contribution is 5.77. The molecule has 80 valence electrons. The van der Waals surface area contributed by atoms with Crippen LogP contribution in [0.4, 0.5) is 0 Å². The summed E-state index contributed by atoms with van der Waals surface area (Å²) in [6.07, 6.45) is 5.77.